The molecule has 2 aliphatic rings. The summed E-state index contributed by atoms with van der Waals surface area (Å²) in [5.41, 5.74) is 0.673. The Bertz CT molecular complexity index is 435. The summed E-state index contributed by atoms with van der Waals surface area (Å²) in [4.78, 5) is 4.46. The third kappa shape index (κ3) is 1.88. The van der Waals surface area contributed by atoms with Crippen molar-refractivity contribution in [1.82, 2.24) is 4.98 Å². The molecule has 1 N–H and O–H groups in total. The maximum atomic E-state index is 9.92. The summed E-state index contributed by atoms with van der Waals surface area (Å²) in [5, 5.41) is 9.92. The molecule has 1 atom stereocenters. The molecule has 3 rings (SSSR count). The van der Waals surface area contributed by atoms with Gasteiger partial charge in [-0.1, -0.05) is 18.2 Å². The van der Waals surface area contributed by atoms with Gasteiger partial charge in [0.1, 0.15) is 0 Å². The second-order valence-electron chi connectivity index (χ2n) is 5.49. The Morgan fingerprint density at radius 2 is 2.11 bits per heavy atom. The molecule has 0 bridgehead atoms. The van der Waals surface area contributed by atoms with Gasteiger partial charge in [0, 0.05) is 23.9 Å². The molecule has 1 spiro atoms. The highest BCUT2D eigenvalue weighted by molar-refractivity contribution is 5.22. The summed E-state index contributed by atoms with van der Waals surface area (Å²) in [6.07, 6.45) is 9.81. The maximum Gasteiger partial charge on any atom is 0.0760 e. The van der Waals surface area contributed by atoms with Gasteiger partial charge < -0.3 is 9.84 Å². The van der Waals surface area contributed by atoms with Crippen molar-refractivity contribution >= 4 is 0 Å². The van der Waals surface area contributed by atoms with E-state index in [-0.39, 0.29) is 17.6 Å². The van der Waals surface area contributed by atoms with Crippen LogP contribution in [0.1, 0.15) is 31.4 Å². The van der Waals surface area contributed by atoms with E-state index in [0.29, 0.717) is 6.61 Å². The van der Waals surface area contributed by atoms with Crippen LogP contribution in [0.3, 0.4) is 0 Å². The first-order valence-corrected chi connectivity index (χ1v) is 6.60. The van der Waals surface area contributed by atoms with Gasteiger partial charge in [-0.15, -0.1) is 0 Å². The predicted molar refractivity (Wildman–Crippen MR) is 69.3 cm³/mol. The van der Waals surface area contributed by atoms with Crippen LogP contribution in [0.15, 0.2) is 36.5 Å². The molecule has 3 heteroatoms. The van der Waals surface area contributed by atoms with Crippen LogP contribution in [-0.2, 0) is 10.2 Å². The molecular weight excluding hydrogens is 226 g/mol. The number of ether oxygens (including phenoxy) is 1. The number of aliphatic hydroxyl groups excluding tert-OH is 1. The minimum Gasteiger partial charge on any atom is -0.395 e. The number of nitrogens with zero attached hydrogens (tertiary/aromatic N) is 1. The second kappa shape index (κ2) is 4.48. The highest BCUT2D eigenvalue weighted by Gasteiger charge is 2.47. The summed E-state index contributed by atoms with van der Waals surface area (Å²) in [5.74, 6) is 0. The molecule has 1 aliphatic heterocycles. The molecule has 0 radical (unpaired) electrons. The fraction of sp³-hybridized carbons (Fsp3) is 0.533. The van der Waals surface area contributed by atoms with E-state index in [0.717, 1.165) is 31.4 Å². The lowest BCUT2D eigenvalue weighted by Crippen LogP contribution is -2.48. The molecule has 1 unspecified atom stereocenters. The number of hydrogen-bond acceptors (Lipinski definition) is 3. The summed E-state index contributed by atoms with van der Waals surface area (Å²) >= 11 is 0. The molecule has 3 nitrogen and oxygen atoms in total. The zero-order chi connectivity index (χ0) is 12.5. The normalized spacial score (nSPS) is 29.8. The molecule has 1 fully saturated rings. The van der Waals surface area contributed by atoms with Crippen LogP contribution in [0.2, 0.25) is 0 Å². The predicted octanol–water partition coefficient (Wildman–Crippen LogP) is 2.21. The van der Waals surface area contributed by atoms with Gasteiger partial charge in [0.2, 0.25) is 0 Å². The molecule has 2 heterocycles. The molecule has 96 valence electrons. The van der Waals surface area contributed by atoms with E-state index in [1.54, 1.807) is 0 Å². The minimum absolute atomic E-state index is 0.0987. The molecule has 0 saturated carbocycles. The summed E-state index contributed by atoms with van der Waals surface area (Å²) < 4.78 is 6.00. The fourth-order valence-corrected chi connectivity index (χ4v) is 3.27. The van der Waals surface area contributed by atoms with Gasteiger partial charge in [-0.3, -0.25) is 4.98 Å². The van der Waals surface area contributed by atoms with Crippen LogP contribution >= 0.6 is 0 Å². The first-order chi connectivity index (χ1) is 8.79. The minimum atomic E-state index is -0.231. The average Bonchev–Trinajstić information content (AvgIpc) is 2.87. The summed E-state index contributed by atoms with van der Waals surface area (Å²) in [6, 6.07) is 5.94. The fourth-order valence-electron chi connectivity index (χ4n) is 3.27. The Labute approximate surface area is 108 Å². The molecule has 1 aromatic heterocycles. The van der Waals surface area contributed by atoms with Crippen LogP contribution in [0.5, 0.6) is 0 Å². The quantitative estimate of drug-likeness (QED) is 0.812. The number of aromatic nitrogens is 1. The molecular formula is C15H19NO2. The van der Waals surface area contributed by atoms with Crippen molar-refractivity contribution < 1.29 is 9.84 Å². The lowest BCUT2D eigenvalue weighted by molar-refractivity contribution is -0.108. The third-order valence-corrected chi connectivity index (χ3v) is 4.31. The zero-order valence-corrected chi connectivity index (χ0v) is 10.5. The van der Waals surface area contributed by atoms with E-state index < -0.39 is 0 Å². The van der Waals surface area contributed by atoms with Gasteiger partial charge in [-0.25, -0.2) is 0 Å². The number of pyridine rings is 1. The Hall–Kier alpha value is -1.19. The largest absolute Gasteiger partial charge is 0.395 e. The number of hydrogen-bond donors (Lipinski definition) is 1. The van der Waals surface area contributed by atoms with Crippen molar-refractivity contribution in [1.29, 1.82) is 0 Å². The van der Waals surface area contributed by atoms with Gasteiger partial charge in [0.05, 0.1) is 12.2 Å². The van der Waals surface area contributed by atoms with E-state index in [2.05, 4.69) is 17.1 Å². The molecule has 0 amide bonds. The van der Waals surface area contributed by atoms with E-state index in [1.165, 1.54) is 0 Å². The average molecular weight is 245 g/mol. The topological polar surface area (TPSA) is 42.4 Å². The van der Waals surface area contributed by atoms with Gasteiger partial charge >= 0.3 is 0 Å². The van der Waals surface area contributed by atoms with E-state index in [1.807, 2.05) is 24.4 Å². The first kappa shape index (κ1) is 11.9. The molecule has 1 aromatic rings. The maximum absolute atomic E-state index is 9.92. The van der Waals surface area contributed by atoms with Crippen molar-refractivity contribution in [2.24, 2.45) is 0 Å². The highest BCUT2D eigenvalue weighted by atomic mass is 16.5. The van der Waals surface area contributed by atoms with Gasteiger partial charge in [0.25, 0.3) is 0 Å². The van der Waals surface area contributed by atoms with E-state index >= 15 is 0 Å². The van der Waals surface area contributed by atoms with Crippen LogP contribution in [0.4, 0.5) is 0 Å². The van der Waals surface area contributed by atoms with Gasteiger partial charge in [0.15, 0.2) is 0 Å². The number of rotatable bonds is 2. The lowest BCUT2D eigenvalue weighted by Gasteiger charge is -2.45. The SMILES string of the molecule is OCC1(c2ccccn2)CCOC2(CC=CC2)C1. The second-order valence-corrected chi connectivity index (χ2v) is 5.49. The van der Waals surface area contributed by atoms with Crippen LogP contribution in [0, 0.1) is 0 Å². The van der Waals surface area contributed by atoms with Crippen molar-refractivity contribution in [3.63, 3.8) is 0 Å². The Balaban J connectivity index is 1.92. The number of aliphatic hydroxyl groups is 1. The van der Waals surface area contributed by atoms with Crippen LogP contribution in [-0.4, -0.2) is 28.9 Å². The zero-order valence-electron chi connectivity index (χ0n) is 10.5. The molecule has 1 saturated heterocycles. The van der Waals surface area contributed by atoms with E-state index in [9.17, 15) is 5.11 Å². The molecule has 0 aromatic carbocycles. The smallest absolute Gasteiger partial charge is 0.0760 e. The first-order valence-electron chi connectivity index (χ1n) is 6.60. The summed E-state index contributed by atoms with van der Waals surface area (Å²) in [7, 11) is 0. The van der Waals surface area contributed by atoms with Crippen molar-refractivity contribution in [2.75, 3.05) is 13.2 Å². The molecule has 18 heavy (non-hydrogen) atoms. The molecule has 1 aliphatic carbocycles. The lowest BCUT2D eigenvalue weighted by atomic mass is 9.70. The Kier molecular flexibility index (Phi) is 2.96. The van der Waals surface area contributed by atoms with E-state index in [4.69, 9.17) is 4.74 Å². The van der Waals surface area contributed by atoms with Crippen LogP contribution < -0.4 is 0 Å². The summed E-state index contributed by atoms with van der Waals surface area (Å²) in [6.45, 7) is 0.855. The van der Waals surface area contributed by atoms with Crippen molar-refractivity contribution in [3.8, 4) is 0 Å². The monoisotopic (exact) mass is 245 g/mol. The van der Waals surface area contributed by atoms with Crippen LogP contribution in [0.25, 0.3) is 0 Å². The standard InChI is InChI=1S/C15H19NO2/c17-12-14(13-5-1-4-9-16-13)8-10-18-15(11-14)6-2-3-7-15/h1-5,9,17H,6-8,10-12H2. The van der Waals surface area contributed by atoms with Gasteiger partial charge in [-0.05, 0) is 37.8 Å². The third-order valence-electron chi connectivity index (χ3n) is 4.31. The Morgan fingerprint density at radius 3 is 2.78 bits per heavy atom. The Morgan fingerprint density at radius 1 is 1.28 bits per heavy atom. The highest BCUT2D eigenvalue weighted by Crippen LogP contribution is 2.45. The van der Waals surface area contributed by atoms with Crippen molar-refractivity contribution in [2.45, 2.75) is 36.7 Å². The van der Waals surface area contributed by atoms with Gasteiger partial charge in [-0.2, -0.15) is 0 Å². The van der Waals surface area contributed by atoms with Crippen molar-refractivity contribution in [3.05, 3.63) is 42.2 Å².